The fourth-order valence-corrected chi connectivity index (χ4v) is 0.689. The van der Waals surface area contributed by atoms with E-state index in [4.69, 9.17) is 5.73 Å². The Morgan fingerprint density at radius 3 is 1.90 bits per heavy atom. The van der Waals surface area contributed by atoms with Gasteiger partial charge in [-0.05, 0) is 11.3 Å². The van der Waals surface area contributed by atoms with Crippen LogP contribution in [0.15, 0.2) is 0 Å². The van der Waals surface area contributed by atoms with Crippen molar-refractivity contribution in [3.8, 4) is 0 Å². The molecule has 62 valence electrons. The molecule has 0 aromatic heterocycles. The van der Waals surface area contributed by atoms with Crippen LogP contribution >= 0.6 is 0 Å². The zero-order chi connectivity index (χ0) is 8.36. The fourth-order valence-electron chi connectivity index (χ4n) is 0.689. The Morgan fingerprint density at radius 2 is 1.80 bits per heavy atom. The van der Waals surface area contributed by atoms with E-state index in [1.807, 2.05) is 13.8 Å². The molecule has 0 radical (unpaired) electrons. The van der Waals surface area contributed by atoms with E-state index in [-0.39, 0.29) is 11.5 Å². The van der Waals surface area contributed by atoms with Crippen molar-refractivity contribution >= 4 is 0 Å². The summed E-state index contributed by atoms with van der Waals surface area (Å²) in [5, 5.41) is 9.43. The molecular weight excluding hydrogens is 126 g/mol. The third-order valence-corrected chi connectivity index (χ3v) is 2.57. The van der Waals surface area contributed by atoms with Crippen LogP contribution in [-0.4, -0.2) is 17.8 Å². The van der Waals surface area contributed by atoms with Crippen LogP contribution in [0, 0.1) is 11.3 Å². The van der Waals surface area contributed by atoms with Crippen LogP contribution < -0.4 is 5.73 Å². The van der Waals surface area contributed by atoms with Gasteiger partial charge < -0.3 is 10.8 Å². The minimum Gasteiger partial charge on any atom is -0.391 e. The molecule has 3 N–H and O–H groups in total. The summed E-state index contributed by atoms with van der Waals surface area (Å²) < 4.78 is 0. The molecule has 0 aromatic rings. The van der Waals surface area contributed by atoms with E-state index in [0.717, 1.165) is 0 Å². The van der Waals surface area contributed by atoms with Crippen LogP contribution in [0.25, 0.3) is 0 Å². The maximum Gasteiger partial charge on any atom is 0.0715 e. The molecule has 0 spiro atoms. The Labute approximate surface area is 63.4 Å². The zero-order valence-electron chi connectivity index (χ0n) is 7.39. The lowest BCUT2D eigenvalue weighted by Crippen LogP contribution is -2.39. The van der Waals surface area contributed by atoms with Crippen molar-refractivity contribution < 1.29 is 5.11 Å². The minimum absolute atomic E-state index is 0.0608. The fraction of sp³-hybridized carbons (Fsp3) is 1.00. The van der Waals surface area contributed by atoms with Gasteiger partial charge in [0.05, 0.1) is 6.10 Å². The number of nitrogens with two attached hydrogens (primary N) is 1. The number of rotatable bonds is 3. The maximum absolute atomic E-state index is 9.43. The first-order valence-electron chi connectivity index (χ1n) is 3.81. The molecule has 0 fully saturated rings. The summed E-state index contributed by atoms with van der Waals surface area (Å²) in [6, 6.07) is 0. The van der Waals surface area contributed by atoms with Crippen molar-refractivity contribution in [1.82, 2.24) is 0 Å². The average molecular weight is 145 g/mol. The largest absolute Gasteiger partial charge is 0.391 e. The second-order valence-electron chi connectivity index (χ2n) is 3.73. The smallest absolute Gasteiger partial charge is 0.0715 e. The summed E-state index contributed by atoms with van der Waals surface area (Å²) in [7, 11) is 0. The van der Waals surface area contributed by atoms with Crippen molar-refractivity contribution in [1.29, 1.82) is 0 Å². The lowest BCUT2D eigenvalue weighted by Gasteiger charge is -2.33. The van der Waals surface area contributed by atoms with Crippen molar-refractivity contribution in [2.45, 2.75) is 33.8 Å². The molecule has 1 atom stereocenters. The van der Waals surface area contributed by atoms with E-state index in [2.05, 4.69) is 13.8 Å². The number of hydrogen-bond donors (Lipinski definition) is 2. The van der Waals surface area contributed by atoms with Crippen LogP contribution in [0.1, 0.15) is 27.7 Å². The van der Waals surface area contributed by atoms with E-state index in [0.29, 0.717) is 12.5 Å². The summed E-state index contributed by atoms with van der Waals surface area (Å²) in [6.45, 7) is 8.62. The molecule has 2 nitrogen and oxygen atoms in total. The van der Waals surface area contributed by atoms with E-state index in [9.17, 15) is 5.11 Å². The van der Waals surface area contributed by atoms with E-state index >= 15 is 0 Å². The molecule has 0 heterocycles. The molecule has 0 aliphatic carbocycles. The summed E-state index contributed by atoms with van der Waals surface area (Å²) in [4.78, 5) is 0. The first-order valence-corrected chi connectivity index (χ1v) is 3.81. The summed E-state index contributed by atoms with van der Waals surface area (Å²) in [6.07, 6.45) is -0.382. The van der Waals surface area contributed by atoms with Gasteiger partial charge in [-0.1, -0.05) is 27.7 Å². The number of aliphatic hydroxyl groups is 1. The van der Waals surface area contributed by atoms with Gasteiger partial charge in [0.1, 0.15) is 0 Å². The topological polar surface area (TPSA) is 46.2 Å². The van der Waals surface area contributed by atoms with Gasteiger partial charge in [0.25, 0.3) is 0 Å². The van der Waals surface area contributed by atoms with Gasteiger partial charge in [0.15, 0.2) is 0 Å². The molecule has 2 heteroatoms. The van der Waals surface area contributed by atoms with Gasteiger partial charge in [0, 0.05) is 6.54 Å². The Balaban J connectivity index is 4.09. The van der Waals surface area contributed by atoms with Crippen LogP contribution in [0.3, 0.4) is 0 Å². The Morgan fingerprint density at radius 1 is 1.40 bits per heavy atom. The molecule has 10 heavy (non-hydrogen) atoms. The number of hydrogen-bond acceptors (Lipinski definition) is 2. The predicted molar refractivity (Wildman–Crippen MR) is 43.7 cm³/mol. The second kappa shape index (κ2) is 3.35. The molecule has 1 unspecified atom stereocenters. The van der Waals surface area contributed by atoms with Gasteiger partial charge in [-0.15, -0.1) is 0 Å². The Bertz CT molecular complexity index is 99.4. The van der Waals surface area contributed by atoms with Crippen molar-refractivity contribution in [3.05, 3.63) is 0 Å². The normalized spacial score (nSPS) is 15.9. The van der Waals surface area contributed by atoms with Gasteiger partial charge in [-0.25, -0.2) is 0 Å². The first kappa shape index (κ1) is 9.92. The second-order valence-corrected chi connectivity index (χ2v) is 3.73. The molecule has 0 rings (SSSR count). The summed E-state index contributed by atoms with van der Waals surface area (Å²) in [5.74, 6) is 0.464. The molecule has 0 amide bonds. The van der Waals surface area contributed by atoms with Crippen LogP contribution in [-0.2, 0) is 0 Å². The van der Waals surface area contributed by atoms with Gasteiger partial charge >= 0.3 is 0 Å². The lowest BCUT2D eigenvalue weighted by molar-refractivity contribution is 0.0242. The first-order chi connectivity index (χ1) is 4.42. The molecule has 0 aromatic carbocycles. The molecule has 0 aliphatic rings. The third kappa shape index (κ3) is 1.96. The lowest BCUT2D eigenvalue weighted by atomic mass is 9.76. The molecule has 0 saturated heterocycles. The predicted octanol–water partition coefficient (Wildman–Crippen LogP) is 0.988. The van der Waals surface area contributed by atoms with Gasteiger partial charge in [0.2, 0.25) is 0 Å². The minimum atomic E-state index is -0.382. The molecule has 0 aliphatic heterocycles. The summed E-state index contributed by atoms with van der Waals surface area (Å²) in [5.41, 5.74) is 5.29. The molecular formula is C8H19NO. The Kier molecular flexibility index (Phi) is 3.33. The van der Waals surface area contributed by atoms with Crippen LogP contribution in [0.2, 0.25) is 0 Å². The van der Waals surface area contributed by atoms with Crippen LogP contribution in [0.4, 0.5) is 0 Å². The summed E-state index contributed by atoms with van der Waals surface area (Å²) >= 11 is 0. The zero-order valence-corrected chi connectivity index (χ0v) is 7.39. The number of aliphatic hydroxyl groups excluding tert-OH is 1. The third-order valence-electron chi connectivity index (χ3n) is 2.57. The van der Waals surface area contributed by atoms with E-state index < -0.39 is 0 Å². The highest BCUT2D eigenvalue weighted by Crippen LogP contribution is 2.29. The van der Waals surface area contributed by atoms with Crippen LogP contribution in [0.5, 0.6) is 0 Å². The highest BCUT2D eigenvalue weighted by Gasteiger charge is 2.29. The molecule has 0 saturated carbocycles. The Hall–Kier alpha value is -0.0800. The van der Waals surface area contributed by atoms with E-state index in [1.165, 1.54) is 0 Å². The monoisotopic (exact) mass is 145 g/mol. The highest BCUT2D eigenvalue weighted by atomic mass is 16.3. The molecule has 0 bridgehead atoms. The SMILES string of the molecule is CC(C)C(C)(C)C(O)CN. The standard InChI is InChI=1S/C8H19NO/c1-6(2)8(3,4)7(10)5-9/h6-7,10H,5,9H2,1-4H3. The van der Waals surface area contributed by atoms with E-state index in [1.54, 1.807) is 0 Å². The quantitative estimate of drug-likeness (QED) is 0.622. The van der Waals surface area contributed by atoms with Crippen molar-refractivity contribution in [2.75, 3.05) is 6.54 Å². The average Bonchev–Trinajstić information content (AvgIpc) is 1.86. The van der Waals surface area contributed by atoms with Gasteiger partial charge in [-0.3, -0.25) is 0 Å². The van der Waals surface area contributed by atoms with Crippen molar-refractivity contribution in [3.63, 3.8) is 0 Å². The maximum atomic E-state index is 9.43. The highest BCUT2D eigenvalue weighted by molar-refractivity contribution is 4.80. The van der Waals surface area contributed by atoms with Crippen molar-refractivity contribution in [2.24, 2.45) is 17.1 Å². The van der Waals surface area contributed by atoms with Gasteiger partial charge in [-0.2, -0.15) is 0 Å².